The van der Waals surface area contributed by atoms with Crippen LogP contribution in [0, 0.1) is 0 Å². The number of nitrogens with zero attached hydrogens (tertiary/aromatic N) is 2. The first-order valence-corrected chi connectivity index (χ1v) is 9.09. The molecule has 4 N–H and O–H groups in total. The Morgan fingerprint density at radius 1 is 0.750 bits per heavy atom. The Kier molecular flexibility index (Phi) is 6.44. The lowest BCUT2D eigenvalue weighted by Gasteiger charge is -2.36. The van der Waals surface area contributed by atoms with Gasteiger partial charge in [0, 0.05) is 63.4 Å². The Morgan fingerprint density at radius 3 is 1.67 bits per heavy atom. The standard InChI is InChI=1S/C16H34N6O2/c1-15-7-17-3-5-21(9-15)13-24-12-20-16(2)8-18-4-6-22(10-16)14-23-11-19-15/h17-20H,3-14H2,1-2H3. The number of nitrogens with one attached hydrogen (secondary N) is 4. The van der Waals surface area contributed by atoms with Gasteiger partial charge in [-0.25, -0.2) is 0 Å². The highest BCUT2D eigenvalue weighted by molar-refractivity contribution is 4.92. The topological polar surface area (TPSA) is 73.1 Å². The molecule has 24 heavy (non-hydrogen) atoms. The van der Waals surface area contributed by atoms with Crippen molar-refractivity contribution < 1.29 is 9.47 Å². The second kappa shape index (κ2) is 8.37. The summed E-state index contributed by atoms with van der Waals surface area (Å²) >= 11 is 0. The van der Waals surface area contributed by atoms with Crippen molar-refractivity contribution in [2.45, 2.75) is 24.9 Å². The van der Waals surface area contributed by atoms with Gasteiger partial charge in [-0.05, 0) is 13.8 Å². The molecule has 4 atom stereocenters. The fourth-order valence-corrected chi connectivity index (χ4v) is 3.72. The Morgan fingerprint density at radius 2 is 1.21 bits per heavy atom. The lowest BCUT2D eigenvalue weighted by Crippen LogP contribution is -2.57. The maximum atomic E-state index is 5.94. The molecule has 3 aliphatic heterocycles. The molecular weight excluding hydrogens is 308 g/mol. The van der Waals surface area contributed by atoms with Gasteiger partial charge in [-0.1, -0.05) is 0 Å². The molecule has 3 saturated heterocycles. The normalized spacial score (nSPS) is 43.2. The second-order valence-electron chi connectivity index (χ2n) is 7.89. The zero-order valence-electron chi connectivity index (χ0n) is 15.2. The maximum Gasteiger partial charge on any atom is 0.101 e. The molecule has 8 nitrogen and oxygen atoms in total. The monoisotopic (exact) mass is 342 g/mol. The molecule has 140 valence electrons. The fourth-order valence-electron chi connectivity index (χ4n) is 3.72. The summed E-state index contributed by atoms with van der Waals surface area (Å²) in [6.07, 6.45) is 0. The summed E-state index contributed by atoms with van der Waals surface area (Å²) in [6.45, 7) is 14.7. The van der Waals surface area contributed by atoms with Crippen molar-refractivity contribution in [3.8, 4) is 0 Å². The molecule has 3 rings (SSSR count). The van der Waals surface area contributed by atoms with E-state index in [0.29, 0.717) is 26.9 Å². The lowest BCUT2D eigenvalue weighted by molar-refractivity contribution is -0.0280. The Balaban J connectivity index is 1.64. The fraction of sp³-hybridized carbons (Fsp3) is 1.00. The Hall–Kier alpha value is -0.320. The average molecular weight is 342 g/mol. The first kappa shape index (κ1) is 18.5. The van der Waals surface area contributed by atoms with Gasteiger partial charge in [0.2, 0.25) is 0 Å². The summed E-state index contributed by atoms with van der Waals surface area (Å²) in [7, 11) is 0. The van der Waals surface area contributed by atoms with Crippen molar-refractivity contribution in [1.82, 2.24) is 31.1 Å². The van der Waals surface area contributed by atoms with E-state index < -0.39 is 0 Å². The van der Waals surface area contributed by atoms with Gasteiger partial charge in [0.25, 0.3) is 0 Å². The molecule has 0 saturated carbocycles. The van der Waals surface area contributed by atoms with Crippen LogP contribution in [0.25, 0.3) is 0 Å². The third-order valence-corrected chi connectivity index (χ3v) is 5.13. The second-order valence-corrected chi connectivity index (χ2v) is 7.89. The molecule has 0 spiro atoms. The molecule has 0 amide bonds. The highest BCUT2D eigenvalue weighted by atomic mass is 16.5. The molecule has 0 aliphatic carbocycles. The van der Waals surface area contributed by atoms with Crippen molar-refractivity contribution in [3.63, 3.8) is 0 Å². The van der Waals surface area contributed by atoms with Crippen LogP contribution in [0.3, 0.4) is 0 Å². The molecular formula is C16H34N6O2. The highest BCUT2D eigenvalue weighted by Crippen LogP contribution is 2.12. The van der Waals surface area contributed by atoms with Crippen molar-refractivity contribution in [2.24, 2.45) is 0 Å². The number of hydrogen-bond donors (Lipinski definition) is 4. The first-order valence-electron chi connectivity index (χ1n) is 9.09. The van der Waals surface area contributed by atoms with Crippen LogP contribution >= 0.6 is 0 Å². The van der Waals surface area contributed by atoms with Crippen LogP contribution in [0.4, 0.5) is 0 Å². The van der Waals surface area contributed by atoms with Crippen LogP contribution < -0.4 is 21.3 Å². The average Bonchev–Trinajstić information content (AvgIpc) is 2.84. The first-order chi connectivity index (χ1) is 11.6. The smallest absolute Gasteiger partial charge is 0.101 e. The zero-order valence-corrected chi connectivity index (χ0v) is 15.2. The van der Waals surface area contributed by atoms with E-state index in [1.807, 2.05) is 0 Å². The molecule has 8 heteroatoms. The van der Waals surface area contributed by atoms with Crippen molar-refractivity contribution in [2.75, 3.05) is 79.3 Å². The molecule has 3 fully saturated rings. The lowest BCUT2D eigenvalue weighted by atomic mass is 10.0. The zero-order chi connectivity index (χ0) is 16.9. The van der Waals surface area contributed by atoms with Crippen LogP contribution in [0.2, 0.25) is 0 Å². The van der Waals surface area contributed by atoms with Gasteiger partial charge in [0.15, 0.2) is 0 Å². The van der Waals surface area contributed by atoms with Crippen LogP contribution in [0.5, 0.6) is 0 Å². The number of ether oxygens (including phenoxy) is 2. The summed E-state index contributed by atoms with van der Waals surface area (Å²) in [4.78, 5) is 4.72. The van der Waals surface area contributed by atoms with Crippen LogP contribution in [-0.2, 0) is 9.47 Å². The van der Waals surface area contributed by atoms with Crippen LogP contribution in [0.15, 0.2) is 0 Å². The van der Waals surface area contributed by atoms with Gasteiger partial charge in [-0.15, -0.1) is 0 Å². The van der Waals surface area contributed by atoms with E-state index in [2.05, 4.69) is 44.9 Å². The number of fused-ring (bicyclic) bond motifs is 4. The molecule has 3 aliphatic rings. The van der Waals surface area contributed by atoms with Crippen LogP contribution in [-0.4, -0.2) is 100 Å². The number of rotatable bonds is 0. The molecule has 4 unspecified atom stereocenters. The van der Waals surface area contributed by atoms with E-state index >= 15 is 0 Å². The van der Waals surface area contributed by atoms with E-state index in [1.165, 1.54) is 0 Å². The highest BCUT2D eigenvalue weighted by Gasteiger charge is 2.31. The van der Waals surface area contributed by atoms with Crippen LogP contribution in [0.1, 0.15) is 13.8 Å². The van der Waals surface area contributed by atoms with Gasteiger partial charge in [0.05, 0.1) is 13.5 Å². The largest absolute Gasteiger partial charge is 0.351 e. The van der Waals surface area contributed by atoms with Crippen molar-refractivity contribution in [1.29, 1.82) is 0 Å². The Bertz CT molecular complexity index is 365. The minimum absolute atomic E-state index is 0.00768. The quantitative estimate of drug-likeness (QED) is 0.418. The third-order valence-electron chi connectivity index (χ3n) is 5.13. The molecule has 0 radical (unpaired) electrons. The van der Waals surface area contributed by atoms with Gasteiger partial charge >= 0.3 is 0 Å². The van der Waals surface area contributed by atoms with Gasteiger partial charge < -0.3 is 20.1 Å². The maximum absolute atomic E-state index is 5.94. The third kappa shape index (κ3) is 5.34. The van der Waals surface area contributed by atoms with Crippen molar-refractivity contribution in [3.05, 3.63) is 0 Å². The molecule has 0 aromatic rings. The van der Waals surface area contributed by atoms with E-state index in [4.69, 9.17) is 9.47 Å². The van der Waals surface area contributed by atoms with Gasteiger partial charge in [-0.3, -0.25) is 20.4 Å². The summed E-state index contributed by atoms with van der Waals surface area (Å²) in [5.74, 6) is 0. The molecule has 0 aromatic heterocycles. The summed E-state index contributed by atoms with van der Waals surface area (Å²) in [5.41, 5.74) is -0.0154. The summed E-state index contributed by atoms with van der Waals surface area (Å²) in [6, 6.07) is 0. The van der Waals surface area contributed by atoms with Crippen molar-refractivity contribution >= 4 is 0 Å². The predicted octanol–water partition coefficient (Wildman–Crippen LogP) is -1.63. The minimum Gasteiger partial charge on any atom is -0.351 e. The van der Waals surface area contributed by atoms with E-state index in [-0.39, 0.29) is 11.1 Å². The molecule has 4 bridgehead atoms. The van der Waals surface area contributed by atoms with E-state index in [9.17, 15) is 0 Å². The predicted molar refractivity (Wildman–Crippen MR) is 93.6 cm³/mol. The van der Waals surface area contributed by atoms with E-state index in [1.54, 1.807) is 0 Å². The molecule has 3 heterocycles. The summed E-state index contributed by atoms with van der Waals surface area (Å²) in [5, 5.41) is 14.2. The SMILES string of the molecule is CC12CNCCN(COCNC3(C)CNCCN(COCN1)C3)C2. The molecule has 0 aromatic carbocycles. The minimum atomic E-state index is -0.00768. The van der Waals surface area contributed by atoms with E-state index in [0.717, 1.165) is 52.4 Å². The van der Waals surface area contributed by atoms with Gasteiger partial charge in [-0.2, -0.15) is 0 Å². The Labute approximate surface area is 145 Å². The van der Waals surface area contributed by atoms with Gasteiger partial charge in [0.1, 0.15) is 13.5 Å². The number of hydrogen-bond acceptors (Lipinski definition) is 8. The summed E-state index contributed by atoms with van der Waals surface area (Å²) < 4.78 is 11.9.